The maximum absolute atomic E-state index is 4.94. The smallest absolute Gasteiger partial charge is 0.124 e. The fraction of sp³-hybridized carbons (Fsp3) is 0.529. The number of aryl methyl sites for hydroxylation is 1. The summed E-state index contributed by atoms with van der Waals surface area (Å²) in [6.45, 7) is 14.0. The molecule has 2 aromatic rings. The molecule has 1 N–H and O–H groups in total. The summed E-state index contributed by atoms with van der Waals surface area (Å²) in [7, 11) is 0. The first kappa shape index (κ1) is 16.1. The average molecular weight is 303 g/mol. The standard InChI is InChI=1S/C17H25N3S/c1-11(2)19-10-14-15(17(4,5)6)20-16(21-14)13-7-8-18-9-12(13)3/h7-9,11,19H,10H2,1-6H3. The van der Waals surface area contributed by atoms with Crippen LogP contribution in [0, 0.1) is 6.92 Å². The molecule has 0 saturated carbocycles. The molecule has 3 nitrogen and oxygen atoms in total. The van der Waals surface area contributed by atoms with Crippen LogP contribution in [0.25, 0.3) is 10.6 Å². The number of nitrogens with one attached hydrogen (secondary N) is 1. The molecule has 0 unspecified atom stereocenters. The molecule has 0 aromatic carbocycles. The van der Waals surface area contributed by atoms with E-state index >= 15 is 0 Å². The summed E-state index contributed by atoms with van der Waals surface area (Å²) in [4.78, 5) is 10.4. The van der Waals surface area contributed by atoms with Crippen LogP contribution >= 0.6 is 11.3 Å². The van der Waals surface area contributed by atoms with E-state index in [0.29, 0.717) is 6.04 Å². The Labute approximate surface area is 131 Å². The molecule has 0 spiro atoms. The molecule has 2 aromatic heterocycles. The zero-order chi connectivity index (χ0) is 15.6. The number of aromatic nitrogens is 2. The third kappa shape index (κ3) is 3.89. The van der Waals surface area contributed by atoms with Gasteiger partial charge in [0, 0.05) is 40.8 Å². The van der Waals surface area contributed by atoms with E-state index in [-0.39, 0.29) is 5.41 Å². The molecule has 0 saturated heterocycles. The van der Waals surface area contributed by atoms with Gasteiger partial charge in [0.15, 0.2) is 0 Å². The highest BCUT2D eigenvalue weighted by molar-refractivity contribution is 7.15. The minimum absolute atomic E-state index is 0.0592. The Hall–Kier alpha value is -1.26. The van der Waals surface area contributed by atoms with Gasteiger partial charge in [-0.2, -0.15) is 0 Å². The Bertz CT molecular complexity index is 609. The minimum Gasteiger partial charge on any atom is -0.310 e. The van der Waals surface area contributed by atoms with Crippen molar-refractivity contribution in [2.75, 3.05) is 0 Å². The average Bonchev–Trinajstić information content (AvgIpc) is 2.81. The van der Waals surface area contributed by atoms with Gasteiger partial charge in [-0.25, -0.2) is 4.98 Å². The van der Waals surface area contributed by atoms with E-state index in [2.05, 4.69) is 57.9 Å². The van der Waals surface area contributed by atoms with Gasteiger partial charge in [-0.15, -0.1) is 11.3 Å². The number of thiazole rings is 1. The molecule has 0 atom stereocenters. The first-order valence-corrected chi connectivity index (χ1v) is 8.25. The lowest BCUT2D eigenvalue weighted by Gasteiger charge is -2.18. The first-order valence-electron chi connectivity index (χ1n) is 7.43. The predicted molar refractivity (Wildman–Crippen MR) is 90.8 cm³/mol. The molecule has 0 radical (unpaired) electrons. The summed E-state index contributed by atoms with van der Waals surface area (Å²) in [5.41, 5.74) is 3.63. The van der Waals surface area contributed by atoms with Crippen LogP contribution in [0.5, 0.6) is 0 Å². The maximum atomic E-state index is 4.94. The van der Waals surface area contributed by atoms with Gasteiger partial charge in [0.25, 0.3) is 0 Å². The zero-order valence-electron chi connectivity index (χ0n) is 13.8. The Morgan fingerprint density at radius 2 is 2.00 bits per heavy atom. The van der Waals surface area contributed by atoms with Crippen LogP contribution in [0.1, 0.15) is 50.8 Å². The third-order valence-corrected chi connectivity index (χ3v) is 4.42. The summed E-state index contributed by atoms with van der Waals surface area (Å²) in [5.74, 6) is 0. The molecule has 0 aliphatic rings. The lowest BCUT2D eigenvalue weighted by Crippen LogP contribution is -2.23. The lowest BCUT2D eigenvalue weighted by atomic mass is 9.91. The monoisotopic (exact) mass is 303 g/mol. The van der Waals surface area contributed by atoms with E-state index in [1.54, 1.807) is 11.3 Å². The minimum atomic E-state index is 0.0592. The van der Waals surface area contributed by atoms with Gasteiger partial charge in [0.1, 0.15) is 5.01 Å². The number of rotatable bonds is 4. The van der Waals surface area contributed by atoms with Crippen molar-refractivity contribution >= 4 is 11.3 Å². The van der Waals surface area contributed by atoms with Crippen LogP contribution in [-0.4, -0.2) is 16.0 Å². The van der Waals surface area contributed by atoms with Crippen LogP contribution < -0.4 is 5.32 Å². The molecule has 0 fully saturated rings. The predicted octanol–water partition coefficient (Wildman–Crippen LogP) is 4.31. The quantitative estimate of drug-likeness (QED) is 0.914. The van der Waals surface area contributed by atoms with Crippen molar-refractivity contribution in [1.29, 1.82) is 0 Å². The van der Waals surface area contributed by atoms with Crippen LogP contribution in [0.3, 0.4) is 0 Å². The number of hydrogen-bond donors (Lipinski definition) is 1. The van der Waals surface area contributed by atoms with Gasteiger partial charge in [-0.1, -0.05) is 34.6 Å². The van der Waals surface area contributed by atoms with Crippen molar-refractivity contribution in [3.8, 4) is 10.6 Å². The molecule has 21 heavy (non-hydrogen) atoms. The molecular formula is C17H25N3S. The lowest BCUT2D eigenvalue weighted by molar-refractivity contribution is 0.546. The van der Waals surface area contributed by atoms with E-state index in [1.807, 2.05) is 12.4 Å². The van der Waals surface area contributed by atoms with Gasteiger partial charge in [0.05, 0.1) is 5.69 Å². The highest BCUT2D eigenvalue weighted by Gasteiger charge is 2.24. The van der Waals surface area contributed by atoms with Gasteiger partial charge < -0.3 is 5.32 Å². The number of pyridine rings is 1. The van der Waals surface area contributed by atoms with Gasteiger partial charge in [-0.05, 0) is 18.6 Å². The maximum Gasteiger partial charge on any atom is 0.124 e. The topological polar surface area (TPSA) is 37.8 Å². The van der Waals surface area contributed by atoms with E-state index < -0.39 is 0 Å². The summed E-state index contributed by atoms with van der Waals surface area (Å²) < 4.78 is 0. The van der Waals surface area contributed by atoms with E-state index in [1.165, 1.54) is 21.7 Å². The number of hydrogen-bond acceptors (Lipinski definition) is 4. The van der Waals surface area contributed by atoms with Crippen LogP contribution in [0.15, 0.2) is 18.5 Å². The van der Waals surface area contributed by atoms with Crippen molar-refractivity contribution in [2.45, 2.75) is 59.5 Å². The van der Waals surface area contributed by atoms with Crippen molar-refractivity contribution in [3.63, 3.8) is 0 Å². The molecular weight excluding hydrogens is 278 g/mol. The summed E-state index contributed by atoms with van der Waals surface area (Å²) >= 11 is 1.79. The summed E-state index contributed by atoms with van der Waals surface area (Å²) in [5, 5.41) is 4.61. The molecule has 0 aliphatic heterocycles. The highest BCUT2D eigenvalue weighted by Crippen LogP contribution is 2.35. The molecule has 2 heterocycles. The molecule has 114 valence electrons. The fourth-order valence-electron chi connectivity index (χ4n) is 2.18. The van der Waals surface area contributed by atoms with E-state index in [9.17, 15) is 0 Å². The van der Waals surface area contributed by atoms with Crippen LogP contribution in [0.2, 0.25) is 0 Å². The SMILES string of the molecule is Cc1cnccc1-c1nc(C(C)(C)C)c(CNC(C)C)s1. The molecule has 2 rings (SSSR count). The second-order valence-electron chi connectivity index (χ2n) is 6.77. The fourth-order valence-corrected chi connectivity index (χ4v) is 3.50. The highest BCUT2D eigenvalue weighted by atomic mass is 32.1. The van der Waals surface area contributed by atoms with Gasteiger partial charge >= 0.3 is 0 Å². The summed E-state index contributed by atoms with van der Waals surface area (Å²) in [6, 6.07) is 2.53. The van der Waals surface area contributed by atoms with Crippen molar-refractivity contribution < 1.29 is 0 Å². The van der Waals surface area contributed by atoms with E-state index in [0.717, 1.165) is 11.6 Å². The Morgan fingerprint density at radius 3 is 2.57 bits per heavy atom. The largest absolute Gasteiger partial charge is 0.310 e. The second-order valence-corrected chi connectivity index (χ2v) is 7.85. The number of nitrogens with zero attached hydrogens (tertiary/aromatic N) is 2. The van der Waals surface area contributed by atoms with Gasteiger partial charge in [-0.3, -0.25) is 4.98 Å². The van der Waals surface area contributed by atoms with E-state index in [4.69, 9.17) is 4.98 Å². The molecule has 0 aliphatic carbocycles. The Morgan fingerprint density at radius 1 is 1.29 bits per heavy atom. The van der Waals surface area contributed by atoms with Crippen molar-refractivity contribution in [2.24, 2.45) is 0 Å². The van der Waals surface area contributed by atoms with Crippen LogP contribution in [0.4, 0.5) is 0 Å². The first-order chi connectivity index (χ1) is 9.79. The summed E-state index contributed by atoms with van der Waals surface area (Å²) in [6.07, 6.45) is 3.74. The normalized spacial score (nSPS) is 12.1. The van der Waals surface area contributed by atoms with Crippen molar-refractivity contribution in [1.82, 2.24) is 15.3 Å². The molecule has 0 bridgehead atoms. The Balaban J connectivity index is 2.43. The second kappa shape index (κ2) is 6.24. The van der Waals surface area contributed by atoms with Gasteiger partial charge in [0.2, 0.25) is 0 Å². The Kier molecular flexibility index (Phi) is 4.79. The zero-order valence-corrected chi connectivity index (χ0v) is 14.6. The van der Waals surface area contributed by atoms with Crippen LogP contribution in [-0.2, 0) is 12.0 Å². The van der Waals surface area contributed by atoms with Crippen molar-refractivity contribution in [3.05, 3.63) is 34.6 Å². The molecule has 4 heteroatoms. The third-order valence-electron chi connectivity index (χ3n) is 3.33. The molecule has 0 amide bonds.